The van der Waals surface area contributed by atoms with Crippen molar-refractivity contribution in [3.8, 4) is 0 Å². The Hall–Kier alpha value is -1.81. The first-order valence-electron chi connectivity index (χ1n) is 5.96. The topological polar surface area (TPSA) is 49.8 Å². The molecule has 2 atom stereocenters. The van der Waals surface area contributed by atoms with Crippen LogP contribution in [0.5, 0.6) is 0 Å². The second-order valence-electron chi connectivity index (χ2n) is 5.00. The molecule has 1 amide bonds. The zero-order valence-electron chi connectivity index (χ0n) is 10.4. The van der Waals surface area contributed by atoms with Gasteiger partial charge in [0.05, 0.1) is 12.2 Å². The summed E-state index contributed by atoms with van der Waals surface area (Å²) in [6.45, 7) is 3.81. The van der Waals surface area contributed by atoms with Crippen LogP contribution in [0.3, 0.4) is 0 Å². The lowest BCUT2D eigenvalue weighted by Gasteiger charge is -2.29. The maximum atomic E-state index is 12.2. The number of benzene rings is 1. The van der Waals surface area contributed by atoms with Crippen molar-refractivity contribution in [1.82, 2.24) is 4.90 Å². The van der Waals surface area contributed by atoms with E-state index < -0.39 is 11.8 Å². The number of nitrogens with zero attached hydrogens (tertiary/aromatic N) is 1. The highest BCUT2D eigenvalue weighted by atomic mass is 16.5. The number of carbonyl (C=O) groups is 1. The SMILES string of the molecule is CC1=C(O)[C@]2(C)COC(c3ccccc3)N2C1=O. The number of aliphatic hydroxyl groups excluding tert-OH is 1. The van der Waals surface area contributed by atoms with Crippen LogP contribution in [0.2, 0.25) is 0 Å². The molecule has 1 N–H and O–H groups in total. The van der Waals surface area contributed by atoms with Crippen LogP contribution in [0.15, 0.2) is 41.7 Å². The van der Waals surface area contributed by atoms with Gasteiger partial charge in [0.1, 0.15) is 11.3 Å². The third-order valence-corrected chi connectivity index (χ3v) is 3.78. The highest BCUT2D eigenvalue weighted by molar-refractivity contribution is 5.98. The van der Waals surface area contributed by atoms with E-state index in [1.54, 1.807) is 11.8 Å². The van der Waals surface area contributed by atoms with Gasteiger partial charge in [-0.15, -0.1) is 0 Å². The molecule has 94 valence electrons. The van der Waals surface area contributed by atoms with Gasteiger partial charge in [0, 0.05) is 5.56 Å². The van der Waals surface area contributed by atoms with E-state index in [0.717, 1.165) is 5.56 Å². The predicted molar refractivity (Wildman–Crippen MR) is 65.7 cm³/mol. The van der Waals surface area contributed by atoms with E-state index in [1.807, 2.05) is 37.3 Å². The molecule has 1 unspecified atom stereocenters. The van der Waals surface area contributed by atoms with Crippen molar-refractivity contribution in [1.29, 1.82) is 0 Å². The largest absolute Gasteiger partial charge is 0.509 e. The lowest BCUT2D eigenvalue weighted by atomic mass is 10.0. The van der Waals surface area contributed by atoms with Crippen LogP contribution in [0.25, 0.3) is 0 Å². The molecule has 2 aliphatic heterocycles. The number of aliphatic hydroxyl groups is 1. The molecule has 0 aromatic heterocycles. The Labute approximate surface area is 105 Å². The number of carbonyl (C=O) groups excluding carboxylic acids is 1. The molecule has 0 radical (unpaired) electrons. The van der Waals surface area contributed by atoms with Crippen molar-refractivity contribution in [3.05, 3.63) is 47.2 Å². The number of hydrogen-bond acceptors (Lipinski definition) is 3. The standard InChI is InChI=1S/C14H15NO3/c1-9-11(16)14(2)8-18-13(15(14)12(9)17)10-6-4-3-5-7-10/h3-7,13,16H,8H2,1-2H3/t13?,14-/m0/s1. The zero-order valence-corrected chi connectivity index (χ0v) is 10.4. The average Bonchev–Trinajstić information content (AvgIpc) is 2.82. The summed E-state index contributed by atoms with van der Waals surface area (Å²) >= 11 is 0. The molecule has 0 saturated carbocycles. The van der Waals surface area contributed by atoms with Crippen LogP contribution in [-0.2, 0) is 9.53 Å². The quantitative estimate of drug-likeness (QED) is 0.824. The van der Waals surface area contributed by atoms with E-state index in [0.29, 0.717) is 12.2 Å². The Morgan fingerprint density at radius 2 is 2.06 bits per heavy atom. The van der Waals surface area contributed by atoms with Crippen molar-refractivity contribution in [2.24, 2.45) is 0 Å². The molecule has 1 aromatic rings. The van der Waals surface area contributed by atoms with Crippen molar-refractivity contribution >= 4 is 5.91 Å². The zero-order chi connectivity index (χ0) is 12.9. The molecular weight excluding hydrogens is 230 g/mol. The van der Waals surface area contributed by atoms with E-state index in [-0.39, 0.29) is 11.7 Å². The molecule has 0 bridgehead atoms. The second-order valence-corrected chi connectivity index (χ2v) is 5.00. The number of ether oxygens (including phenoxy) is 1. The lowest BCUT2D eigenvalue weighted by molar-refractivity contribution is -0.133. The van der Waals surface area contributed by atoms with Crippen molar-refractivity contribution < 1.29 is 14.6 Å². The summed E-state index contributed by atoms with van der Waals surface area (Å²) in [5.74, 6) is -0.0210. The first-order valence-corrected chi connectivity index (χ1v) is 5.96. The molecule has 3 rings (SSSR count). The molecule has 1 aromatic carbocycles. The first kappa shape index (κ1) is 11.3. The number of fused-ring (bicyclic) bond motifs is 1. The number of hydrogen-bond donors (Lipinski definition) is 1. The monoisotopic (exact) mass is 245 g/mol. The molecule has 4 heteroatoms. The van der Waals surface area contributed by atoms with Gasteiger partial charge in [-0.1, -0.05) is 30.3 Å². The van der Waals surface area contributed by atoms with Crippen LogP contribution in [0.1, 0.15) is 25.6 Å². The molecule has 0 spiro atoms. The van der Waals surface area contributed by atoms with Gasteiger partial charge in [0.25, 0.3) is 5.91 Å². The summed E-state index contributed by atoms with van der Waals surface area (Å²) in [6, 6.07) is 9.59. The van der Waals surface area contributed by atoms with Crippen LogP contribution in [-0.4, -0.2) is 28.1 Å². The van der Waals surface area contributed by atoms with Gasteiger partial charge < -0.3 is 9.84 Å². The van der Waals surface area contributed by atoms with Gasteiger partial charge in [-0.25, -0.2) is 0 Å². The van der Waals surface area contributed by atoms with Gasteiger partial charge in [-0.2, -0.15) is 0 Å². The summed E-state index contributed by atoms with van der Waals surface area (Å²) in [5, 5.41) is 10.1. The van der Waals surface area contributed by atoms with Crippen LogP contribution >= 0.6 is 0 Å². The van der Waals surface area contributed by atoms with Gasteiger partial charge in [-0.3, -0.25) is 9.69 Å². The normalized spacial score (nSPS) is 31.1. The third kappa shape index (κ3) is 1.26. The van der Waals surface area contributed by atoms with E-state index in [2.05, 4.69) is 0 Å². The number of amides is 1. The minimum atomic E-state index is -0.721. The fourth-order valence-electron chi connectivity index (χ4n) is 2.71. The third-order valence-electron chi connectivity index (χ3n) is 3.78. The van der Waals surface area contributed by atoms with Crippen molar-refractivity contribution in [2.45, 2.75) is 25.6 Å². The lowest BCUT2D eigenvalue weighted by Crippen LogP contribution is -2.43. The second kappa shape index (κ2) is 3.59. The minimum Gasteiger partial charge on any atom is -0.509 e. The summed E-state index contributed by atoms with van der Waals surface area (Å²) in [4.78, 5) is 13.8. The van der Waals surface area contributed by atoms with E-state index in [4.69, 9.17) is 4.74 Å². The maximum absolute atomic E-state index is 12.2. The van der Waals surface area contributed by atoms with E-state index in [1.165, 1.54) is 0 Å². The van der Waals surface area contributed by atoms with Crippen LogP contribution in [0.4, 0.5) is 0 Å². The Kier molecular flexibility index (Phi) is 2.25. The first-order chi connectivity index (χ1) is 8.55. The predicted octanol–water partition coefficient (Wildman–Crippen LogP) is 2.15. The summed E-state index contributed by atoms with van der Waals surface area (Å²) in [7, 11) is 0. The summed E-state index contributed by atoms with van der Waals surface area (Å²) in [5.41, 5.74) is 0.626. The van der Waals surface area contributed by atoms with Crippen LogP contribution in [0, 0.1) is 0 Å². The molecule has 4 nitrogen and oxygen atoms in total. The molecule has 1 saturated heterocycles. The van der Waals surface area contributed by atoms with Crippen molar-refractivity contribution in [2.75, 3.05) is 6.61 Å². The Bertz CT molecular complexity index is 537. The fourth-order valence-corrected chi connectivity index (χ4v) is 2.71. The minimum absolute atomic E-state index is 0.130. The van der Waals surface area contributed by atoms with Crippen LogP contribution < -0.4 is 0 Å². The molecule has 0 aliphatic carbocycles. The Morgan fingerprint density at radius 3 is 2.72 bits per heavy atom. The molecular formula is C14H15NO3. The van der Waals surface area contributed by atoms with E-state index in [9.17, 15) is 9.90 Å². The maximum Gasteiger partial charge on any atom is 0.256 e. The van der Waals surface area contributed by atoms with Gasteiger partial charge >= 0.3 is 0 Å². The smallest absolute Gasteiger partial charge is 0.256 e. The Morgan fingerprint density at radius 1 is 1.39 bits per heavy atom. The summed E-state index contributed by atoms with van der Waals surface area (Å²) < 4.78 is 5.71. The molecule has 2 heterocycles. The van der Waals surface area contributed by atoms with Gasteiger partial charge in [0.2, 0.25) is 0 Å². The number of rotatable bonds is 1. The van der Waals surface area contributed by atoms with Gasteiger partial charge in [0.15, 0.2) is 6.23 Å². The Balaban J connectivity index is 2.03. The highest BCUT2D eigenvalue weighted by Gasteiger charge is 2.55. The average molecular weight is 245 g/mol. The highest BCUT2D eigenvalue weighted by Crippen LogP contribution is 2.46. The van der Waals surface area contributed by atoms with E-state index >= 15 is 0 Å². The summed E-state index contributed by atoms with van der Waals surface area (Å²) in [6.07, 6.45) is -0.414. The molecule has 1 fully saturated rings. The molecule has 2 aliphatic rings. The van der Waals surface area contributed by atoms with Gasteiger partial charge in [-0.05, 0) is 13.8 Å². The fraction of sp³-hybridized carbons (Fsp3) is 0.357. The molecule has 18 heavy (non-hydrogen) atoms. The van der Waals surface area contributed by atoms with Crippen molar-refractivity contribution in [3.63, 3.8) is 0 Å².